The number of esters is 1. The van der Waals surface area contributed by atoms with Gasteiger partial charge in [0, 0.05) is 29.0 Å². The SMILES string of the molecule is COc1cc(-c2cc(C(=O)N[C@@H]3c4cc5c(cc4[C@@H](c4cc(OC)c(OC)c(OC)c4)[C@H]4C(=O)OC[C@@H]43)OCO5)nc3cc(-c4ccccc4)nn23)cc(OC)c1OC. The number of nitrogens with one attached hydrogen (secondary N) is 1. The molecule has 0 unspecified atom stereocenters. The number of hydrogen-bond acceptors (Lipinski definition) is 13. The van der Waals surface area contributed by atoms with Crippen LogP contribution in [0.25, 0.3) is 28.2 Å². The summed E-state index contributed by atoms with van der Waals surface area (Å²) in [5, 5.41) is 8.18. The van der Waals surface area contributed by atoms with Gasteiger partial charge in [-0.15, -0.1) is 0 Å². The van der Waals surface area contributed by atoms with E-state index in [9.17, 15) is 9.59 Å². The largest absolute Gasteiger partial charge is 0.493 e. The number of ether oxygens (including phenoxy) is 9. The third-order valence-corrected chi connectivity index (χ3v) is 11.2. The lowest BCUT2D eigenvalue weighted by Crippen LogP contribution is -2.43. The Morgan fingerprint density at radius 3 is 1.93 bits per heavy atom. The van der Waals surface area contributed by atoms with Crippen molar-refractivity contribution >= 4 is 17.5 Å². The molecule has 1 saturated heterocycles. The maximum atomic E-state index is 14.8. The fraction of sp³-hybridized carbons (Fsp3) is 0.273. The molecule has 4 heterocycles. The first kappa shape index (κ1) is 37.4. The molecule has 0 radical (unpaired) electrons. The summed E-state index contributed by atoms with van der Waals surface area (Å²) in [6, 6.07) is 23.5. The Bertz CT molecular complexity index is 2580. The van der Waals surface area contributed by atoms with Crippen LogP contribution >= 0.6 is 0 Å². The molecule has 9 rings (SSSR count). The molecule has 4 atom stereocenters. The number of amides is 1. The van der Waals surface area contributed by atoms with Crippen LogP contribution in [0.5, 0.6) is 46.0 Å². The molecule has 1 amide bonds. The van der Waals surface area contributed by atoms with Gasteiger partial charge in [0.2, 0.25) is 18.3 Å². The molecular weight excluding hydrogens is 761 g/mol. The van der Waals surface area contributed by atoms with Crippen LogP contribution in [0, 0.1) is 11.8 Å². The van der Waals surface area contributed by atoms with E-state index in [1.54, 1.807) is 22.7 Å². The zero-order chi connectivity index (χ0) is 40.9. The number of benzene rings is 4. The highest BCUT2D eigenvalue weighted by Crippen LogP contribution is 2.56. The van der Waals surface area contributed by atoms with Crippen molar-refractivity contribution in [3.05, 3.63) is 101 Å². The van der Waals surface area contributed by atoms with Gasteiger partial charge in [-0.1, -0.05) is 30.3 Å². The summed E-state index contributed by atoms with van der Waals surface area (Å²) in [5.74, 6) is 0.974. The van der Waals surface area contributed by atoms with Crippen molar-refractivity contribution in [2.45, 2.75) is 12.0 Å². The van der Waals surface area contributed by atoms with Gasteiger partial charge in [-0.05, 0) is 59.2 Å². The average Bonchev–Trinajstić information content (AvgIpc) is 4.03. The molecule has 1 N–H and O–H groups in total. The highest BCUT2D eigenvalue weighted by molar-refractivity contribution is 5.95. The smallest absolute Gasteiger partial charge is 0.310 e. The Balaban J connectivity index is 1.18. The molecule has 2 aromatic heterocycles. The van der Waals surface area contributed by atoms with Crippen molar-refractivity contribution in [3.8, 4) is 68.5 Å². The molecule has 3 aliphatic rings. The van der Waals surface area contributed by atoms with Crippen LogP contribution in [0.1, 0.15) is 39.1 Å². The van der Waals surface area contributed by atoms with Crippen molar-refractivity contribution in [2.75, 3.05) is 56.1 Å². The van der Waals surface area contributed by atoms with E-state index in [4.69, 9.17) is 52.7 Å². The van der Waals surface area contributed by atoms with E-state index in [1.807, 2.05) is 60.7 Å². The second-order valence-corrected chi connectivity index (χ2v) is 14.1. The zero-order valence-corrected chi connectivity index (χ0v) is 33.1. The normalized spacial score (nSPS) is 18.7. The van der Waals surface area contributed by atoms with Crippen molar-refractivity contribution in [1.82, 2.24) is 19.9 Å². The Kier molecular flexibility index (Phi) is 9.50. The van der Waals surface area contributed by atoms with Gasteiger partial charge >= 0.3 is 5.97 Å². The molecule has 15 nitrogen and oxygen atoms in total. The fourth-order valence-electron chi connectivity index (χ4n) is 8.52. The number of hydrogen-bond donors (Lipinski definition) is 1. The summed E-state index contributed by atoms with van der Waals surface area (Å²) in [7, 11) is 9.21. The summed E-state index contributed by atoms with van der Waals surface area (Å²) in [4.78, 5) is 33.5. The summed E-state index contributed by atoms with van der Waals surface area (Å²) >= 11 is 0. The first-order chi connectivity index (χ1) is 28.8. The van der Waals surface area contributed by atoms with Crippen molar-refractivity contribution in [1.29, 1.82) is 0 Å². The van der Waals surface area contributed by atoms with Gasteiger partial charge < -0.3 is 47.9 Å². The second-order valence-electron chi connectivity index (χ2n) is 14.1. The Morgan fingerprint density at radius 2 is 1.32 bits per heavy atom. The van der Waals surface area contributed by atoms with Crippen LogP contribution in [0.2, 0.25) is 0 Å². The van der Waals surface area contributed by atoms with Gasteiger partial charge in [0.1, 0.15) is 5.69 Å². The van der Waals surface area contributed by atoms with E-state index in [0.717, 1.165) is 22.3 Å². The minimum Gasteiger partial charge on any atom is -0.493 e. The van der Waals surface area contributed by atoms with Gasteiger partial charge in [-0.25, -0.2) is 9.50 Å². The maximum absolute atomic E-state index is 14.8. The zero-order valence-electron chi connectivity index (χ0n) is 33.1. The summed E-state index contributed by atoms with van der Waals surface area (Å²) in [5.41, 5.74) is 5.44. The summed E-state index contributed by atoms with van der Waals surface area (Å²) < 4.78 is 53.2. The molecule has 302 valence electrons. The molecule has 6 aromatic rings. The Labute approximate surface area is 338 Å². The number of aromatic nitrogens is 3. The minimum absolute atomic E-state index is 0.0307. The van der Waals surface area contributed by atoms with Gasteiger partial charge in [-0.2, -0.15) is 5.10 Å². The molecule has 0 bridgehead atoms. The second kappa shape index (κ2) is 15.0. The van der Waals surface area contributed by atoms with Crippen LogP contribution < -0.4 is 43.2 Å². The van der Waals surface area contributed by atoms with E-state index < -0.39 is 35.7 Å². The number of methoxy groups -OCH3 is 6. The lowest BCUT2D eigenvalue weighted by molar-refractivity contribution is -0.141. The quantitative estimate of drug-likeness (QED) is 0.147. The highest BCUT2D eigenvalue weighted by Gasteiger charge is 2.53. The number of rotatable bonds is 11. The summed E-state index contributed by atoms with van der Waals surface area (Å²) in [6.07, 6.45) is 0. The van der Waals surface area contributed by atoms with E-state index in [0.29, 0.717) is 68.6 Å². The Hall–Kier alpha value is -7.16. The first-order valence-corrected chi connectivity index (χ1v) is 18.8. The van der Waals surface area contributed by atoms with E-state index >= 15 is 0 Å². The van der Waals surface area contributed by atoms with Crippen molar-refractivity contribution < 1.29 is 52.2 Å². The number of nitrogens with zero attached hydrogens (tertiary/aromatic N) is 3. The molecule has 0 spiro atoms. The Morgan fingerprint density at radius 1 is 0.712 bits per heavy atom. The molecule has 1 aliphatic carbocycles. The van der Waals surface area contributed by atoms with Gasteiger partial charge in [0.05, 0.1) is 72.6 Å². The third-order valence-electron chi connectivity index (χ3n) is 11.2. The van der Waals surface area contributed by atoms with E-state index in [2.05, 4.69) is 5.32 Å². The third kappa shape index (κ3) is 6.20. The predicted octanol–water partition coefficient (Wildman–Crippen LogP) is 6.25. The van der Waals surface area contributed by atoms with Crippen LogP contribution in [0.3, 0.4) is 0 Å². The predicted molar refractivity (Wildman–Crippen MR) is 212 cm³/mol. The van der Waals surface area contributed by atoms with Gasteiger partial charge in [0.25, 0.3) is 5.91 Å². The van der Waals surface area contributed by atoms with Crippen molar-refractivity contribution in [3.63, 3.8) is 0 Å². The highest BCUT2D eigenvalue weighted by atomic mass is 16.7. The van der Waals surface area contributed by atoms with Gasteiger partial charge in [-0.3, -0.25) is 9.59 Å². The minimum atomic E-state index is -0.704. The number of cyclic esters (lactones) is 1. The van der Waals surface area contributed by atoms with Gasteiger partial charge in [0.15, 0.2) is 40.1 Å². The van der Waals surface area contributed by atoms with Crippen molar-refractivity contribution in [2.24, 2.45) is 11.8 Å². The number of carbonyl (C=O) groups excluding carboxylic acids is 2. The monoisotopic (exact) mass is 800 g/mol. The van der Waals surface area contributed by atoms with E-state index in [-0.39, 0.29) is 19.1 Å². The summed E-state index contributed by atoms with van der Waals surface area (Å²) in [6.45, 7) is 0.0957. The molecular formula is C44H40N4O11. The fourth-order valence-corrected chi connectivity index (χ4v) is 8.52. The molecule has 15 heteroatoms. The lowest BCUT2D eigenvalue weighted by Gasteiger charge is -2.39. The maximum Gasteiger partial charge on any atom is 0.310 e. The molecule has 59 heavy (non-hydrogen) atoms. The lowest BCUT2D eigenvalue weighted by atomic mass is 9.65. The van der Waals surface area contributed by atoms with E-state index in [1.165, 1.54) is 42.7 Å². The topological polar surface area (TPSA) is 159 Å². The molecule has 4 aromatic carbocycles. The van der Waals surface area contributed by atoms with Crippen LogP contribution in [0.15, 0.2) is 78.9 Å². The average molecular weight is 801 g/mol. The van der Waals surface area contributed by atoms with Crippen LogP contribution in [-0.4, -0.2) is 82.5 Å². The molecule has 2 aliphatic heterocycles. The number of carbonyl (C=O) groups is 2. The molecule has 1 fully saturated rings. The standard InChI is InChI=1S/C44H40N4O11/c1-51-33-12-23(13-34(52-2)41(33)55-5)30-18-29(45-37-19-28(47-48(30)37)22-10-8-7-9-11-22)43(49)46-40-26-17-32-31(58-21-59-32)16-25(26)38(39-27(40)20-57-44(39)50)24-14-35(53-3)42(56-6)36(15-24)54-4/h7-19,27,38-40H,20-21H2,1-6H3,(H,46,49)/t27-,38+,39-,40+/m0/s1. The van der Waals surface area contributed by atoms with Crippen LogP contribution in [-0.2, 0) is 9.53 Å². The number of fused-ring (bicyclic) bond motifs is 4. The molecule has 0 saturated carbocycles. The van der Waals surface area contributed by atoms with Crippen LogP contribution in [0.4, 0.5) is 0 Å². The first-order valence-electron chi connectivity index (χ1n) is 18.8.